The molecule has 0 saturated carbocycles. The number of hydrogen-bond acceptors (Lipinski definition) is 1. The molecule has 1 heteroatoms. The molecule has 1 aliphatic carbocycles. The molecule has 0 fully saturated rings. The van der Waals surface area contributed by atoms with Crippen molar-refractivity contribution in [1.29, 1.82) is 0 Å². The van der Waals surface area contributed by atoms with Gasteiger partial charge < -0.3 is 0 Å². The second-order valence-corrected chi connectivity index (χ2v) is 5.31. The first-order valence-corrected chi connectivity index (χ1v) is 5.28. The van der Waals surface area contributed by atoms with Crippen LogP contribution in [0.4, 0.5) is 0 Å². The molecule has 13 heavy (non-hydrogen) atoms. The molecule has 0 spiro atoms. The zero-order valence-electron chi connectivity index (χ0n) is 8.88. The van der Waals surface area contributed by atoms with Crippen LogP contribution in [0.1, 0.15) is 40.0 Å². The molecule has 0 aromatic heterocycles. The van der Waals surface area contributed by atoms with Crippen LogP contribution in [0.2, 0.25) is 0 Å². The highest BCUT2D eigenvalue weighted by molar-refractivity contribution is 5.61. The maximum atomic E-state index is 4.50. The van der Waals surface area contributed by atoms with Gasteiger partial charge in [-0.2, -0.15) is 0 Å². The van der Waals surface area contributed by atoms with Gasteiger partial charge in [-0.3, -0.25) is 4.99 Å². The van der Waals surface area contributed by atoms with E-state index in [-0.39, 0.29) is 0 Å². The summed E-state index contributed by atoms with van der Waals surface area (Å²) in [4.78, 5) is 4.50. The summed E-state index contributed by atoms with van der Waals surface area (Å²) < 4.78 is 0. The Balaban J connectivity index is 2.11. The average Bonchev–Trinajstić information content (AvgIpc) is 2.47. The fraction of sp³-hybridized carbons (Fsp3) is 0.750. The Labute approximate surface area is 80.9 Å². The topological polar surface area (TPSA) is 12.4 Å². The Morgan fingerprint density at radius 3 is 2.77 bits per heavy atom. The van der Waals surface area contributed by atoms with Crippen molar-refractivity contribution in [2.45, 2.75) is 46.1 Å². The van der Waals surface area contributed by atoms with Crippen LogP contribution in [0.25, 0.3) is 0 Å². The third-order valence-corrected chi connectivity index (χ3v) is 3.30. The van der Waals surface area contributed by atoms with Crippen molar-refractivity contribution in [1.82, 2.24) is 0 Å². The van der Waals surface area contributed by atoms with Crippen molar-refractivity contribution >= 4 is 6.21 Å². The molecule has 0 aromatic rings. The van der Waals surface area contributed by atoms with Crippen LogP contribution in [-0.4, -0.2) is 12.3 Å². The Kier molecular flexibility index (Phi) is 2.05. The lowest BCUT2D eigenvalue weighted by Gasteiger charge is -2.31. The zero-order valence-corrected chi connectivity index (χ0v) is 8.88. The van der Waals surface area contributed by atoms with Crippen molar-refractivity contribution in [3.63, 3.8) is 0 Å². The second kappa shape index (κ2) is 2.97. The predicted octanol–water partition coefficient (Wildman–Crippen LogP) is 3.21. The van der Waals surface area contributed by atoms with Crippen LogP contribution in [0, 0.1) is 11.3 Å². The minimum absolute atomic E-state index is 0.369. The van der Waals surface area contributed by atoms with Crippen molar-refractivity contribution in [2.24, 2.45) is 16.3 Å². The molecule has 2 rings (SSSR count). The second-order valence-electron chi connectivity index (χ2n) is 5.31. The molecule has 0 saturated heterocycles. The van der Waals surface area contributed by atoms with Gasteiger partial charge in [0.05, 0.1) is 6.04 Å². The molecular weight excluding hydrogens is 158 g/mol. The number of allylic oxidation sites excluding steroid dienone is 1. The van der Waals surface area contributed by atoms with Gasteiger partial charge in [0.15, 0.2) is 0 Å². The maximum absolute atomic E-state index is 4.50. The van der Waals surface area contributed by atoms with Crippen LogP contribution in [-0.2, 0) is 0 Å². The van der Waals surface area contributed by atoms with E-state index in [2.05, 4.69) is 38.1 Å². The standard InChI is InChI=1S/C12H19N/c1-12(2,3)10-4-5-11-9(8-10)6-7-13-11/h4,7,9,11H,5-6,8H2,1-3H3. The van der Waals surface area contributed by atoms with E-state index >= 15 is 0 Å². The van der Waals surface area contributed by atoms with Gasteiger partial charge in [0.1, 0.15) is 0 Å². The minimum atomic E-state index is 0.369. The van der Waals surface area contributed by atoms with E-state index < -0.39 is 0 Å². The van der Waals surface area contributed by atoms with Crippen LogP contribution in [0.5, 0.6) is 0 Å². The van der Waals surface area contributed by atoms with Gasteiger partial charge >= 0.3 is 0 Å². The molecule has 1 nitrogen and oxygen atoms in total. The molecule has 2 unspecified atom stereocenters. The fourth-order valence-electron chi connectivity index (χ4n) is 2.32. The van der Waals surface area contributed by atoms with E-state index in [1.165, 1.54) is 19.3 Å². The molecular formula is C12H19N. The minimum Gasteiger partial charge on any atom is -0.294 e. The van der Waals surface area contributed by atoms with Gasteiger partial charge in [0, 0.05) is 0 Å². The zero-order chi connectivity index (χ0) is 9.47. The average molecular weight is 177 g/mol. The van der Waals surface area contributed by atoms with Crippen LogP contribution in [0.15, 0.2) is 16.6 Å². The molecule has 1 aliphatic heterocycles. The van der Waals surface area contributed by atoms with Gasteiger partial charge in [-0.05, 0) is 36.8 Å². The number of aliphatic imine (C=N–C) groups is 1. The Morgan fingerprint density at radius 2 is 2.08 bits per heavy atom. The van der Waals surface area contributed by atoms with E-state index in [0.29, 0.717) is 11.5 Å². The summed E-state index contributed by atoms with van der Waals surface area (Å²) in [6.45, 7) is 6.94. The quantitative estimate of drug-likeness (QED) is 0.504. The first kappa shape index (κ1) is 8.98. The smallest absolute Gasteiger partial charge is 0.0564 e. The third-order valence-electron chi connectivity index (χ3n) is 3.30. The largest absolute Gasteiger partial charge is 0.294 e. The van der Waals surface area contributed by atoms with Crippen molar-refractivity contribution in [3.05, 3.63) is 11.6 Å². The van der Waals surface area contributed by atoms with Gasteiger partial charge in [0.25, 0.3) is 0 Å². The van der Waals surface area contributed by atoms with Crippen LogP contribution >= 0.6 is 0 Å². The highest BCUT2D eigenvalue weighted by atomic mass is 14.8. The van der Waals surface area contributed by atoms with Crippen molar-refractivity contribution in [3.8, 4) is 0 Å². The molecule has 1 heterocycles. The van der Waals surface area contributed by atoms with E-state index in [1.54, 1.807) is 5.57 Å². The Hall–Kier alpha value is -0.590. The molecule has 0 bridgehead atoms. The lowest BCUT2D eigenvalue weighted by molar-refractivity contribution is 0.377. The van der Waals surface area contributed by atoms with Gasteiger partial charge in [-0.15, -0.1) is 0 Å². The summed E-state index contributed by atoms with van der Waals surface area (Å²) in [5, 5.41) is 0. The number of hydrogen-bond donors (Lipinski definition) is 0. The molecule has 2 aliphatic rings. The first-order valence-electron chi connectivity index (χ1n) is 5.28. The summed E-state index contributed by atoms with van der Waals surface area (Å²) in [5.74, 6) is 0.819. The summed E-state index contributed by atoms with van der Waals surface area (Å²) in [5.41, 5.74) is 2.01. The number of fused-ring (bicyclic) bond motifs is 1. The summed E-state index contributed by atoms with van der Waals surface area (Å²) >= 11 is 0. The number of rotatable bonds is 0. The van der Waals surface area contributed by atoms with E-state index in [9.17, 15) is 0 Å². The normalized spacial score (nSPS) is 33.0. The fourth-order valence-corrected chi connectivity index (χ4v) is 2.32. The van der Waals surface area contributed by atoms with Gasteiger partial charge in [-0.1, -0.05) is 32.4 Å². The molecule has 2 atom stereocenters. The highest BCUT2D eigenvalue weighted by Crippen LogP contribution is 2.39. The molecule has 0 radical (unpaired) electrons. The lowest BCUT2D eigenvalue weighted by Crippen LogP contribution is -2.23. The number of nitrogens with zero attached hydrogens (tertiary/aromatic N) is 1. The summed E-state index contributed by atoms with van der Waals surface area (Å²) in [7, 11) is 0. The SMILES string of the molecule is CC(C)(C)C1=CCC2N=CCC2C1. The summed E-state index contributed by atoms with van der Waals surface area (Å²) in [6.07, 6.45) is 8.19. The van der Waals surface area contributed by atoms with Crippen molar-refractivity contribution in [2.75, 3.05) is 0 Å². The molecule has 72 valence electrons. The molecule has 0 aromatic carbocycles. The Morgan fingerprint density at radius 1 is 1.31 bits per heavy atom. The van der Waals surface area contributed by atoms with Crippen LogP contribution in [0.3, 0.4) is 0 Å². The van der Waals surface area contributed by atoms with Gasteiger partial charge in [-0.25, -0.2) is 0 Å². The third kappa shape index (κ3) is 1.70. The van der Waals surface area contributed by atoms with E-state index in [1.807, 2.05) is 0 Å². The first-order chi connectivity index (χ1) is 6.07. The van der Waals surface area contributed by atoms with E-state index in [0.717, 1.165) is 5.92 Å². The monoisotopic (exact) mass is 177 g/mol. The maximum Gasteiger partial charge on any atom is 0.0564 e. The molecule has 0 N–H and O–H groups in total. The predicted molar refractivity (Wildman–Crippen MR) is 57.2 cm³/mol. The Bertz CT molecular complexity index is 255. The van der Waals surface area contributed by atoms with Gasteiger partial charge in [0.2, 0.25) is 0 Å². The van der Waals surface area contributed by atoms with Crippen molar-refractivity contribution < 1.29 is 0 Å². The van der Waals surface area contributed by atoms with E-state index in [4.69, 9.17) is 0 Å². The lowest BCUT2D eigenvalue weighted by atomic mass is 9.75. The van der Waals surface area contributed by atoms with Crippen LogP contribution < -0.4 is 0 Å². The summed E-state index contributed by atoms with van der Waals surface area (Å²) in [6, 6.07) is 0.617. The highest BCUT2D eigenvalue weighted by Gasteiger charge is 2.31. The molecule has 0 amide bonds.